The molecule has 0 aliphatic carbocycles. The molecule has 0 fully saturated rings. The Bertz CT molecular complexity index is 3100. The van der Waals surface area contributed by atoms with Gasteiger partial charge >= 0.3 is 21.1 Å². The van der Waals surface area contributed by atoms with Crippen LogP contribution in [0.25, 0.3) is 54.9 Å². The van der Waals surface area contributed by atoms with E-state index in [-0.39, 0.29) is 21.1 Å². The number of imidazole rings is 1. The Balaban J connectivity index is 0.00000361. The molecule has 0 N–H and O–H groups in total. The van der Waals surface area contributed by atoms with Crippen LogP contribution in [0, 0.1) is 12.1 Å². The second-order valence-corrected chi connectivity index (χ2v) is 18.5. The molecular formula is C46H31N5OPtSi. The molecule has 0 saturated heterocycles. The van der Waals surface area contributed by atoms with Crippen molar-refractivity contribution in [1.29, 1.82) is 0 Å². The maximum Gasteiger partial charge on any atom is 2.00 e. The van der Waals surface area contributed by atoms with Crippen molar-refractivity contribution < 1.29 is 25.8 Å². The molecular weight excluding hydrogens is 862 g/mol. The largest absolute Gasteiger partial charge is 2.00 e. The van der Waals surface area contributed by atoms with E-state index in [1.165, 1.54) is 21.7 Å². The summed E-state index contributed by atoms with van der Waals surface area (Å²) in [5.41, 5.74) is 8.44. The van der Waals surface area contributed by atoms with E-state index in [4.69, 9.17) is 9.72 Å². The molecule has 0 radical (unpaired) electrons. The summed E-state index contributed by atoms with van der Waals surface area (Å²) in [5, 5.41) is 8.19. The predicted octanol–water partition coefficient (Wildman–Crippen LogP) is 10.1. The minimum Gasteiger partial charge on any atom is -0.503 e. The van der Waals surface area contributed by atoms with Crippen LogP contribution in [0.1, 0.15) is 0 Å². The van der Waals surface area contributed by atoms with Crippen LogP contribution in [0.2, 0.25) is 13.1 Å². The van der Waals surface area contributed by atoms with E-state index in [1.807, 2.05) is 42.9 Å². The first-order chi connectivity index (χ1) is 26.0. The number of hydrogen-bond donors (Lipinski definition) is 0. The fraction of sp³-hybridized carbons (Fsp3) is 0.0435. The summed E-state index contributed by atoms with van der Waals surface area (Å²) < 4.78 is 10.9. The fourth-order valence-corrected chi connectivity index (χ4v) is 11.4. The zero-order valence-corrected chi connectivity index (χ0v) is 32.7. The van der Waals surface area contributed by atoms with Gasteiger partial charge in [0.2, 0.25) is 0 Å². The van der Waals surface area contributed by atoms with Gasteiger partial charge in [-0.05, 0) is 64.3 Å². The van der Waals surface area contributed by atoms with Crippen molar-refractivity contribution in [2.45, 2.75) is 13.1 Å². The number of pyridine rings is 2. The number of ether oxygens (including phenoxy) is 1. The Hall–Kier alpha value is -6.01. The molecule has 260 valence electrons. The third-order valence-corrected chi connectivity index (χ3v) is 14.4. The van der Waals surface area contributed by atoms with Crippen molar-refractivity contribution in [2.24, 2.45) is 0 Å². The van der Waals surface area contributed by atoms with Crippen LogP contribution in [-0.2, 0) is 21.1 Å². The number of benzene rings is 6. The smallest absolute Gasteiger partial charge is 0.503 e. The fourth-order valence-electron chi connectivity index (χ4n) is 8.41. The standard InChI is InChI=1S/C46H31N5OSi.Pt/c1-53(2)43-20-9-8-19-40(43)50(30-12-4-3-5-13-30)42-28-37-36-17-11-23-47-46(36)51(41(37)29-44(42)53)31-14-10-15-32(26-31)52-33-21-22-34-35-16-6-7-18-39(35)49-25-24-48-45(49)38(34)27-33;/h3-25,28-29H,1-2H3;/q-2;+2. The Morgan fingerprint density at radius 1 is 0.574 bits per heavy atom. The molecule has 1 aliphatic heterocycles. The third-order valence-electron chi connectivity index (χ3n) is 10.8. The van der Waals surface area contributed by atoms with Gasteiger partial charge in [-0.2, -0.15) is 6.07 Å². The average molecular weight is 893 g/mol. The van der Waals surface area contributed by atoms with E-state index in [1.54, 1.807) is 0 Å². The Morgan fingerprint density at radius 2 is 1.35 bits per heavy atom. The van der Waals surface area contributed by atoms with Gasteiger partial charge in [0.05, 0.1) is 11.2 Å². The quantitative estimate of drug-likeness (QED) is 0.100. The molecule has 1 aliphatic rings. The average Bonchev–Trinajstić information content (AvgIpc) is 3.82. The summed E-state index contributed by atoms with van der Waals surface area (Å²) >= 11 is 0. The van der Waals surface area contributed by atoms with Gasteiger partial charge in [0.1, 0.15) is 13.7 Å². The molecule has 0 atom stereocenters. The van der Waals surface area contributed by atoms with Gasteiger partial charge in [-0.3, -0.25) is 4.98 Å². The summed E-state index contributed by atoms with van der Waals surface area (Å²) in [5.74, 6) is 1.20. The molecule has 6 nitrogen and oxygen atoms in total. The van der Waals surface area contributed by atoms with Crippen molar-refractivity contribution in [3.63, 3.8) is 0 Å². The van der Waals surface area contributed by atoms with Gasteiger partial charge in [-0.25, -0.2) is 4.98 Å². The number of rotatable bonds is 4. The van der Waals surface area contributed by atoms with E-state index in [9.17, 15) is 0 Å². The molecule has 11 rings (SSSR count). The first-order valence-corrected chi connectivity index (χ1v) is 20.8. The second-order valence-electron chi connectivity index (χ2n) is 14.2. The number of nitrogens with zero attached hydrogens (tertiary/aromatic N) is 5. The normalized spacial score (nSPS) is 13.3. The Kier molecular flexibility index (Phi) is 7.41. The molecule has 6 aromatic carbocycles. The third kappa shape index (κ3) is 4.75. The molecule has 5 heterocycles. The topological polar surface area (TPSA) is 47.6 Å². The van der Waals surface area contributed by atoms with Gasteiger partial charge in [0.25, 0.3) is 0 Å². The van der Waals surface area contributed by atoms with Crippen LogP contribution in [-0.4, -0.2) is 27.0 Å². The van der Waals surface area contributed by atoms with Crippen molar-refractivity contribution in [3.05, 3.63) is 164 Å². The summed E-state index contributed by atoms with van der Waals surface area (Å²) in [7, 11) is -2.13. The molecule has 8 heteroatoms. The van der Waals surface area contributed by atoms with Gasteiger partial charge in [-0.15, -0.1) is 30.3 Å². The number of aromatic nitrogens is 4. The van der Waals surface area contributed by atoms with Crippen LogP contribution in [0.4, 0.5) is 17.1 Å². The first-order valence-electron chi connectivity index (χ1n) is 17.8. The molecule has 54 heavy (non-hydrogen) atoms. The molecule has 0 unspecified atom stereocenters. The Morgan fingerprint density at radius 3 is 2.26 bits per heavy atom. The zero-order chi connectivity index (χ0) is 35.3. The van der Waals surface area contributed by atoms with E-state index in [0.717, 1.165) is 60.6 Å². The maximum absolute atomic E-state index is 6.53. The van der Waals surface area contributed by atoms with Crippen LogP contribution in [0.3, 0.4) is 0 Å². The molecule has 0 saturated carbocycles. The second kappa shape index (κ2) is 12.3. The van der Waals surface area contributed by atoms with Crippen LogP contribution in [0.15, 0.2) is 152 Å². The molecule has 0 spiro atoms. The van der Waals surface area contributed by atoms with Gasteiger partial charge in [0.15, 0.2) is 0 Å². The monoisotopic (exact) mass is 892 g/mol. The molecule has 0 amide bonds. The number of anilines is 3. The van der Waals surface area contributed by atoms with E-state index in [2.05, 4.69) is 153 Å². The number of para-hydroxylation sites is 3. The minimum absolute atomic E-state index is 0. The van der Waals surface area contributed by atoms with Gasteiger partial charge in [0, 0.05) is 63.4 Å². The van der Waals surface area contributed by atoms with Gasteiger partial charge in [-0.1, -0.05) is 90.2 Å². The molecule has 4 aromatic heterocycles. The zero-order valence-electron chi connectivity index (χ0n) is 29.4. The van der Waals surface area contributed by atoms with E-state index < -0.39 is 8.07 Å². The van der Waals surface area contributed by atoms with Crippen molar-refractivity contribution in [1.82, 2.24) is 18.9 Å². The minimum atomic E-state index is -2.13. The van der Waals surface area contributed by atoms with Crippen LogP contribution >= 0.6 is 0 Å². The summed E-state index contributed by atoms with van der Waals surface area (Å²) in [4.78, 5) is 12.1. The van der Waals surface area contributed by atoms with Crippen molar-refractivity contribution in [2.75, 3.05) is 4.90 Å². The SMILES string of the molecule is C[Si]1(C)c2ccccc2N(c2ccccc2)c2cc3c4cccnc4n(-c4[c-]c(Oc5[c-]c6c(cc5)c5ccccc5n5ccnc65)ccc4)c3cc21.[Pt+2]. The predicted molar refractivity (Wildman–Crippen MR) is 218 cm³/mol. The first kappa shape index (κ1) is 32.6. The van der Waals surface area contributed by atoms with Gasteiger partial charge < -0.3 is 18.6 Å². The molecule has 0 bridgehead atoms. The number of hydrogen-bond acceptors (Lipinski definition) is 4. The summed E-state index contributed by atoms with van der Waals surface area (Å²) in [6.07, 6.45) is 5.69. The Labute approximate surface area is 327 Å². The van der Waals surface area contributed by atoms with Crippen molar-refractivity contribution >= 4 is 84.8 Å². The number of fused-ring (bicyclic) bond motifs is 11. The molecule has 10 aromatic rings. The van der Waals surface area contributed by atoms with E-state index >= 15 is 0 Å². The van der Waals surface area contributed by atoms with Crippen LogP contribution < -0.4 is 20.0 Å². The van der Waals surface area contributed by atoms with Crippen molar-refractivity contribution in [3.8, 4) is 17.2 Å². The summed E-state index contributed by atoms with van der Waals surface area (Å²) in [6, 6.07) is 54.3. The summed E-state index contributed by atoms with van der Waals surface area (Å²) in [6.45, 7) is 4.93. The maximum atomic E-state index is 6.53. The van der Waals surface area contributed by atoms with E-state index in [0.29, 0.717) is 11.5 Å². The van der Waals surface area contributed by atoms with Crippen LogP contribution in [0.5, 0.6) is 11.5 Å².